The Morgan fingerprint density at radius 2 is 2.07 bits per heavy atom. The van der Waals surface area contributed by atoms with E-state index in [1.807, 2.05) is 23.2 Å². The van der Waals surface area contributed by atoms with Crippen LogP contribution in [0.3, 0.4) is 0 Å². The van der Waals surface area contributed by atoms with Crippen molar-refractivity contribution in [2.75, 3.05) is 38.3 Å². The second kappa shape index (κ2) is 9.66. The van der Waals surface area contributed by atoms with Crippen LogP contribution >= 0.6 is 11.3 Å². The van der Waals surface area contributed by atoms with Crippen LogP contribution in [0.15, 0.2) is 29.4 Å². The quantitative estimate of drug-likeness (QED) is 0.585. The Morgan fingerprint density at radius 3 is 2.74 bits per heavy atom. The number of hydrogen-bond acceptors (Lipinski definition) is 5. The second-order valence-electron chi connectivity index (χ2n) is 6.24. The number of aliphatic imine (C=N–C) groups is 1. The molecule has 2 heterocycles. The maximum Gasteiger partial charge on any atom is 0.191 e. The van der Waals surface area contributed by atoms with Crippen molar-refractivity contribution >= 4 is 23.0 Å². The van der Waals surface area contributed by atoms with E-state index in [0.29, 0.717) is 38.0 Å². The lowest BCUT2D eigenvalue weighted by Gasteiger charge is -2.29. The number of thiazole rings is 1. The molecule has 1 fully saturated rings. The van der Waals surface area contributed by atoms with Crippen molar-refractivity contribution in [1.29, 1.82) is 0 Å². The third-order valence-electron chi connectivity index (χ3n) is 4.40. The van der Waals surface area contributed by atoms with E-state index in [9.17, 15) is 4.39 Å². The van der Waals surface area contributed by atoms with Crippen molar-refractivity contribution < 1.29 is 9.13 Å². The van der Waals surface area contributed by atoms with Gasteiger partial charge in [0.2, 0.25) is 0 Å². The highest BCUT2D eigenvalue weighted by Crippen LogP contribution is 2.21. The summed E-state index contributed by atoms with van der Waals surface area (Å²) in [5, 5.41) is 7.48. The van der Waals surface area contributed by atoms with Crippen LogP contribution < -0.4 is 15.5 Å². The van der Waals surface area contributed by atoms with Crippen LogP contribution in [0.4, 0.5) is 10.1 Å². The monoisotopic (exact) mass is 391 g/mol. The minimum Gasteiger partial charge on any atom is -0.378 e. The lowest BCUT2D eigenvalue weighted by atomic mass is 10.1. The van der Waals surface area contributed by atoms with Crippen LogP contribution in [0.2, 0.25) is 0 Å². The zero-order valence-corrected chi connectivity index (χ0v) is 16.6. The molecule has 0 saturated carbocycles. The van der Waals surface area contributed by atoms with Crippen LogP contribution in [-0.2, 0) is 24.2 Å². The van der Waals surface area contributed by atoms with Crippen molar-refractivity contribution in [3.8, 4) is 0 Å². The maximum atomic E-state index is 14.5. The van der Waals surface area contributed by atoms with Gasteiger partial charge in [0.05, 0.1) is 25.4 Å². The highest BCUT2D eigenvalue weighted by Gasteiger charge is 2.15. The van der Waals surface area contributed by atoms with Gasteiger partial charge in [0, 0.05) is 37.8 Å². The number of aryl methyl sites for hydroxylation is 1. The minimum absolute atomic E-state index is 0.200. The molecule has 8 heteroatoms. The first-order chi connectivity index (χ1) is 13.2. The summed E-state index contributed by atoms with van der Waals surface area (Å²) in [6, 6.07) is 5.37. The zero-order chi connectivity index (χ0) is 19.1. The summed E-state index contributed by atoms with van der Waals surface area (Å²) in [6.45, 7) is 5.97. The Bertz CT molecular complexity index is 773. The third-order valence-corrected chi connectivity index (χ3v) is 5.55. The normalized spacial score (nSPS) is 15.1. The molecule has 1 aromatic carbocycles. The molecule has 2 N–H and O–H groups in total. The number of guanidine groups is 1. The molecule has 0 bridgehead atoms. The van der Waals surface area contributed by atoms with Crippen molar-refractivity contribution in [3.63, 3.8) is 0 Å². The number of ether oxygens (including phenoxy) is 1. The summed E-state index contributed by atoms with van der Waals surface area (Å²) >= 11 is 1.70. The number of hydrogen-bond donors (Lipinski definition) is 2. The molecule has 1 aromatic heterocycles. The average Bonchev–Trinajstić information content (AvgIpc) is 3.17. The number of benzene rings is 1. The van der Waals surface area contributed by atoms with Gasteiger partial charge in [-0.3, -0.25) is 4.99 Å². The zero-order valence-electron chi connectivity index (χ0n) is 15.8. The molecule has 6 nitrogen and oxygen atoms in total. The summed E-state index contributed by atoms with van der Waals surface area (Å²) in [5.41, 5.74) is 1.51. The first-order valence-corrected chi connectivity index (χ1v) is 10.0. The number of halogens is 1. The Morgan fingerprint density at radius 1 is 1.30 bits per heavy atom. The topological polar surface area (TPSA) is 61.8 Å². The molecule has 146 valence electrons. The molecule has 0 aliphatic carbocycles. The summed E-state index contributed by atoms with van der Waals surface area (Å²) in [5.74, 6) is 0.468. The molecule has 0 spiro atoms. The summed E-state index contributed by atoms with van der Waals surface area (Å²) in [6.07, 6.45) is 2.91. The molecular formula is C19H26FN5OS. The molecule has 3 rings (SSSR count). The van der Waals surface area contributed by atoms with Gasteiger partial charge in [-0.05, 0) is 24.1 Å². The van der Waals surface area contributed by atoms with Gasteiger partial charge in [0.25, 0.3) is 0 Å². The van der Waals surface area contributed by atoms with E-state index in [1.165, 1.54) is 4.88 Å². The van der Waals surface area contributed by atoms with Gasteiger partial charge in [-0.25, -0.2) is 9.37 Å². The molecule has 0 atom stereocenters. The van der Waals surface area contributed by atoms with Crippen molar-refractivity contribution in [3.05, 3.63) is 45.7 Å². The summed E-state index contributed by atoms with van der Waals surface area (Å²) < 4.78 is 19.8. The molecular weight excluding hydrogens is 365 g/mol. The SMILES string of the molecule is CCc1cnc(CNC(=NC)NCc2ccc(N3CCOCC3)c(F)c2)s1. The highest BCUT2D eigenvalue weighted by atomic mass is 32.1. The van der Waals surface area contributed by atoms with E-state index in [0.717, 1.165) is 30.1 Å². The molecule has 0 unspecified atom stereocenters. The molecule has 2 aromatic rings. The average molecular weight is 392 g/mol. The Kier molecular flexibility index (Phi) is 7.00. The Balaban J connectivity index is 1.52. The predicted molar refractivity (Wildman–Crippen MR) is 108 cm³/mol. The first-order valence-electron chi connectivity index (χ1n) is 9.18. The second-order valence-corrected chi connectivity index (χ2v) is 7.44. The van der Waals surface area contributed by atoms with E-state index in [-0.39, 0.29) is 5.82 Å². The fourth-order valence-electron chi connectivity index (χ4n) is 2.88. The predicted octanol–water partition coefficient (Wildman–Crippen LogP) is 2.55. The van der Waals surface area contributed by atoms with E-state index < -0.39 is 0 Å². The van der Waals surface area contributed by atoms with Gasteiger partial charge >= 0.3 is 0 Å². The molecule has 27 heavy (non-hydrogen) atoms. The molecule has 1 saturated heterocycles. The maximum absolute atomic E-state index is 14.5. The number of nitrogens with zero attached hydrogens (tertiary/aromatic N) is 3. The van der Waals surface area contributed by atoms with Gasteiger partial charge in [0.15, 0.2) is 5.96 Å². The van der Waals surface area contributed by atoms with Gasteiger partial charge in [-0.1, -0.05) is 13.0 Å². The van der Waals surface area contributed by atoms with Crippen molar-refractivity contribution in [2.24, 2.45) is 4.99 Å². The fraction of sp³-hybridized carbons (Fsp3) is 0.474. The standard InChI is InChI=1S/C19H26FN5OS/c1-3-15-12-22-18(27-15)13-24-19(21-2)23-11-14-4-5-17(16(20)10-14)25-6-8-26-9-7-25/h4-5,10,12H,3,6-9,11,13H2,1-2H3,(H2,21,23,24). The van der Waals surface area contributed by atoms with Crippen LogP contribution in [0.1, 0.15) is 22.4 Å². The number of aromatic nitrogens is 1. The van der Waals surface area contributed by atoms with E-state index in [1.54, 1.807) is 24.5 Å². The minimum atomic E-state index is -0.200. The van der Waals surface area contributed by atoms with Gasteiger partial charge in [-0.15, -0.1) is 11.3 Å². The van der Waals surface area contributed by atoms with Gasteiger partial charge in [-0.2, -0.15) is 0 Å². The Hall–Kier alpha value is -2.19. The van der Waals surface area contributed by atoms with Crippen LogP contribution in [0.5, 0.6) is 0 Å². The highest BCUT2D eigenvalue weighted by molar-refractivity contribution is 7.11. The van der Waals surface area contributed by atoms with E-state index in [4.69, 9.17) is 4.74 Å². The van der Waals surface area contributed by atoms with Gasteiger partial charge in [0.1, 0.15) is 10.8 Å². The van der Waals surface area contributed by atoms with E-state index >= 15 is 0 Å². The smallest absolute Gasteiger partial charge is 0.191 e. The van der Waals surface area contributed by atoms with Crippen LogP contribution in [0, 0.1) is 5.82 Å². The number of nitrogens with one attached hydrogen (secondary N) is 2. The lowest BCUT2D eigenvalue weighted by molar-refractivity contribution is 0.122. The summed E-state index contributed by atoms with van der Waals surface area (Å²) in [7, 11) is 1.72. The number of rotatable bonds is 6. The van der Waals surface area contributed by atoms with Crippen LogP contribution in [-0.4, -0.2) is 44.3 Å². The lowest BCUT2D eigenvalue weighted by Crippen LogP contribution is -2.37. The molecule has 0 amide bonds. The first kappa shape index (κ1) is 19.6. The largest absolute Gasteiger partial charge is 0.378 e. The van der Waals surface area contributed by atoms with Crippen molar-refractivity contribution in [1.82, 2.24) is 15.6 Å². The molecule has 1 aliphatic heterocycles. The summed E-state index contributed by atoms with van der Waals surface area (Å²) in [4.78, 5) is 11.9. The Labute approximate surface area is 163 Å². The van der Waals surface area contributed by atoms with Gasteiger partial charge < -0.3 is 20.3 Å². The van der Waals surface area contributed by atoms with Crippen molar-refractivity contribution in [2.45, 2.75) is 26.4 Å². The molecule has 1 aliphatic rings. The molecule has 0 radical (unpaired) electrons. The number of morpholine rings is 1. The fourth-order valence-corrected chi connectivity index (χ4v) is 3.68. The third kappa shape index (κ3) is 5.40. The van der Waals surface area contributed by atoms with Crippen LogP contribution in [0.25, 0.3) is 0 Å². The van der Waals surface area contributed by atoms with E-state index in [2.05, 4.69) is 27.5 Å². The number of anilines is 1.